The second-order valence-corrected chi connectivity index (χ2v) is 3.58. The molecule has 1 amide bonds. The lowest BCUT2D eigenvalue weighted by Gasteiger charge is -2.01. The summed E-state index contributed by atoms with van der Waals surface area (Å²) in [5.74, 6) is -0.931. The topological polar surface area (TPSA) is 88.8 Å². The highest BCUT2D eigenvalue weighted by Gasteiger charge is 2.10. The fourth-order valence-electron chi connectivity index (χ4n) is 1.18. The molecule has 0 aromatic carbocycles. The molecule has 6 heteroatoms. The summed E-state index contributed by atoms with van der Waals surface area (Å²) in [6.07, 6.45) is 1.36. The predicted octanol–water partition coefficient (Wildman–Crippen LogP) is 1.14. The van der Waals surface area contributed by atoms with Crippen molar-refractivity contribution in [2.45, 2.75) is 6.92 Å². The van der Waals surface area contributed by atoms with Gasteiger partial charge >= 0.3 is 5.97 Å². The first-order valence-corrected chi connectivity index (χ1v) is 5.33. The number of nitrogens with one attached hydrogen (secondary N) is 1. The van der Waals surface area contributed by atoms with Gasteiger partial charge in [0, 0.05) is 19.2 Å². The van der Waals surface area contributed by atoms with E-state index in [1.165, 1.54) is 32.2 Å². The molecule has 0 aliphatic heterocycles. The van der Waals surface area contributed by atoms with Crippen LogP contribution in [0.15, 0.2) is 22.1 Å². The van der Waals surface area contributed by atoms with Crippen LogP contribution in [-0.2, 0) is 9.53 Å². The molecule has 1 heterocycles. The Labute approximate surface area is 104 Å². The molecule has 98 valence electrons. The number of carboxylic acids is 1. The Morgan fingerprint density at radius 2 is 2.22 bits per heavy atom. The number of hydrogen-bond donors (Lipinski definition) is 2. The van der Waals surface area contributed by atoms with Crippen LogP contribution in [0.25, 0.3) is 6.08 Å². The standard InChI is InChI=1S/C12H15NO5/c1-8(12(15)16)7-9-3-4-10(18-9)11(14)13-5-6-17-2/h3-4,7H,5-6H2,1-2H3,(H,13,14)(H,15,16). The number of hydrogen-bond acceptors (Lipinski definition) is 4. The number of methoxy groups -OCH3 is 1. The molecule has 0 bridgehead atoms. The predicted molar refractivity (Wildman–Crippen MR) is 64.2 cm³/mol. The van der Waals surface area contributed by atoms with E-state index in [4.69, 9.17) is 14.3 Å². The number of ether oxygens (including phenoxy) is 1. The van der Waals surface area contributed by atoms with Crippen molar-refractivity contribution in [1.82, 2.24) is 5.32 Å². The quantitative estimate of drug-likeness (QED) is 0.586. The van der Waals surface area contributed by atoms with Gasteiger partial charge in [0.05, 0.1) is 6.61 Å². The van der Waals surface area contributed by atoms with E-state index in [1.54, 1.807) is 0 Å². The van der Waals surface area contributed by atoms with Gasteiger partial charge in [0.2, 0.25) is 0 Å². The summed E-state index contributed by atoms with van der Waals surface area (Å²) < 4.78 is 10.00. The summed E-state index contributed by atoms with van der Waals surface area (Å²) in [5.41, 5.74) is 0.135. The van der Waals surface area contributed by atoms with Gasteiger partial charge in [-0.1, -0.05) is 0 Å². The number of carbonyl (C=O) groups excluding carboxylic acids is 1. The SMILES string of the molecule is COCCNC(=O)c1ccc(C=C(C)C(=O)O)o1. The molecule has 0 radical (unpaired) electrons. The van der Waals surface area contributed by atoms with Crippen molar-refractivity contribution in [3.63, 3.8) is 0 Å². The van der Waals surface area contributed by atoms with Gasteiger partial charge in [-0.3, -0.25) is 4.79 Å². The zero-order valence-electron chi connectivity index (χ0n) is 10.2. The molecule has 1 rings (SSSR count). The summed E-state index contributed by atoms with van der Waals surface area (Å²) in [7, 11) is 1.54. The maximum Gasteiger partial charge on any atom is 0.331 e. The third-order valence-electron chi connectivity index (χ3n) is 2.14. The van der Waals surface area contributed by atoms with Gasteiger partial charge in [-0.05, 0) is 25.1 Å². The molecule has 0 saturated carbocycles. The average molecular weight is 253 g/mol. The van der Waals surface area contributed by atoms with Gasteiger partial charge in [0.1, 0.15) is 5.76 Å². The Kier molecular flexibility index (Phi) is 5.13. The van der Waals surface area contributed by atoms with Crippen molar-refractivity contribution in [1.29, 1.82) is 0 Å². The summed E-state index contributed by atoms with van der Waals surface area (Å²) in [6.45, 7) is 2.25. The smallest absolute Gasteiger partial charge is 0.331 e. The Morgan fingerprint density at radius 1 is 1.50 bits per heavy atom. The van der Waals surface area contributed by atoms with Crippen LogP contribution in [-0.4, -0.2) is 37.2 Å². The van der Waals surface area contributed by atoms with Crippen molar-refractivity contribution in [2.24, 2.45) is 0 Å². The molecule has 18 heavy (non-hydrogen) atoms. The van der Waals surface area contributed by atoms with E-state index in [2.05, 4.69) is 5.32 Å². The second kappa shape index (κ2) is 6.61. The first-order valence-electron chi connectivity index (χ1n) is 5.33. The minimum absolute atomic E-state index is 0.135. The number of rotatable bonds is 6. The lowest BCUT2D eigenvalue weighted by atomic mass is 10.2. The first-order chi connectivity index (χ1) is 8.54. The van der Waals surface area contributed by atoms with Crippen LogP contribution in [0, 0.1) is 0 Å². The third-order valence-corrected chi connectivity index (χ3v) is 2.14. The zero-order chi connectivity index (χ0) is 13.5. The van der Waals surface area contributed by atoms with E-state index in [-0.39, 0.29) is 17.2 Å². The summed E-state index contributed by atoms with van der Waals surface area (Å²) in [5, 5.41) is 11.3. The molecule has 1 aromatic rings. The minimum atomic E-state index is -1.03. The molecule has 2 N–H and O–H groups in total. The van der Waals surface area contributed by atoms with E-state index in [9.17, 15) is 9.59 Å². The number of carboxylic acid groups (broad SMARTS) is 1. The van der Waals surface area contributed by atoms with Gasteiger partial charge in [-0.2, -0.15) is 0 Å². The highest BCUT2D eigenvalue weighted by molar-refractivity contribution is 5.93. The number of carbonyl (C=O) groups is 2. The maximum atomic E-state index is 11.6. The third kappa shape index (κ3) is 4.06. The molecule has 6 nitrogen and oxygen atoms in total. The first kappa shape index (κ1) is 14.0. The molecule has 0 atom stereocenters. The fourth-order valence-corrected chi connectivity index (χ4v) is 1.18. The lowest BCUT2D eigenvalue weighted by molar-refractivity contribution is -0.132. The van der Waals surface area contributed by atoms with Crippen LogP contribution in [0.5, 0.6) is 0 Å². The molecule has 0 unspecified atom stereocenters. The van der Waals surface area contributed by atoms with Crippen LogP contribution in [0.2, 0.25) is 0 Å². The number of aliphatic carboxylic acids is 1. The van der Waals surface area contributed by atoms with Crippen LogP contribution in [0.3, 0.4) is 0 Å². The lowest BCUT2D eigenvalue weighted by Crippen LogP contribution is -2.26. The molecule has 0 fully saturated rings. The van der Waals surface area contributed by atoms with Gasteiger partial charge in [-0.15, -0.1) is 0 Å². The minimum Gasteiger partial charge on any atom is -0.478 e. The second-order valence-electron chi connectivity index (χ2n) is 3.58. The monoisotopic (exact) mass is 253 g/mol. The van der Waals surface area contributed by atoms with Crippen molar-refractivity contribution in [3.05, 3.63) is 29.2 Å². The van der Waals surface area contributed by atoms with Crippen LogP contribution < -0.4 is 5.32 Å². The zero-order valence-corrected chi connectivity index (χ0v) is 10.2. The van der Waals surface area contributed by atoms with E-state index in [0.29, 0.717) is 18.9 Å². The van der Waals surface area contributed by atoms with Crippen molar-refractivity contribution in [3.8, 4) is 0 Å². The van der Waals surface area contributed by atoms with Crippen molar-refractivity contribution < 1.29 is 23.8 Å². The van der Waals surface area contributed by atoms with Crippen LogP contribution >= 0.6 is 0 Å². The summed E-state index contributed by atoms with van der Waals surface area (Å²) in [4.78, 5) is 22.2. The summed E-state index contributed by atoms with van der Waals surface area (Å²) in [6, 6.07) is 3.03. The van der Waals surface area contributed by atoms with E-state index >= 15 is 0 Å². The Balaban J connectivity index is 2.66. The molecule has 1 aromatic heterocycles. The van der Waals surface area contributed by atoms with Crippen LogP contribution in [0.4, 0.5) is 0 Å². The Hall–Kier alpha value is -2.08. The average Bonchev–Trinajstić information content (AvgIpc) is 2.77. The molecule has 0 spiro atoms. The van der Waals surface area contributed by atoms with Gasteiger partial charge < -0.3 is 19.6 Å². The highest BCUT2D eigenvalue weighted by atomic mass is 16.5. The number of amides is 1. The van der Waals surface area contributed by atoms with Gasteiger partial charge in [-0.25, -0.2) is 4.79 Å². The molecular weight excluding hydrogens is 238 g/mol. The Morgan fingerprint density at radius 3 is 2.83 bits per heavy atom. The Bertz CT molecular complexity index is 461. The fraction of sp³-hybridized carbons (Fsp3) is 0.333. The molecule has 0 saturated heterocycles. The molecule has 0 aliphatic carbocycles. The number of furan rings is 1. The van der Waals surface area contributed by atoms with E-state index in [1.807, 2.05) is 0 Å². The highest BCUT2D eigenvalue weighted by Crippen LogP contribution is 2.12. The largest absolute Gasteiger partial charge is 0.478 e. The van der Waals surface area contributed by atoms with Gasteiger partial charge in [0.15, 0.2) is 5.76 Å². The molecular formula is C12H15NO5. The molecule has 0 aliphatic rings. The normalized spacial score (nSPS) is 11.3. The summed E-state index contributed by atoms with van der Waals surface area (Å²) >= 11 is 0. The van der Waals surface area contributed by atoms with E-state index < -0.39 is 5.97 Å². The van der Waals surface area contributed by atoms with E-state index in [0.717, 1.165) is 0 Å². The van der Waals surface area contributed by atoms with Crippen molar-refractivity contribution >= 4 is 18.0 Å². The van der Waals surface area contributed by atoms with Gasteiger partial charge in [0.25, 0.3) is 5.91 Å². The van der Waals surface area contributed by atoms with Crippen LogP contribution in [0.1, 0.15) is 23.2 Å². The van der Waals surface area contributed by atoms with Crippen molar-refractivity contribution in [2.75, 3.05) is 20.3 Å². The maximum absolute atomic E-state index is 11.6.